The Balaban J connectivity index is 2.22. The smallest absolute Gasteiger partial charge is 0.308 e. The van der Waals surface area contributed by atoms with E-state index in [1.807, 2.05) is 4.90 Å². The van der Waals surface area contributed by atoms with Crippen LogP contribution in [-0.2, 0) is 4.79 Å². The van der Waals surface area contributed by atoms with Crippen LogP contribution in [0.25, 0.3) is 0 Å². The van der Waals surface area contributed by atoms with Crippen molar-refractivity contribution in [2.45, 2.75) is 32.2 Å². The van der Waals surface area contributed by atoms with Crippen LogP contribution in [0, 0.1) is 5.92 Å². The fraction of sp³-hybridized carbons (Fsp3) is 0.615. The lowest BCUT2D eigenvalue weighted by atomic mass is 9.93. The summed E-state index contributed by atoms with van der Waals surface area (Å²) in [5.74, 6) is -1.68. The highest BCUT2D eigenvalue weighted by atomic mass is 16.4. The predicted molar refractivity (Wildman–Crippen MR) is 68.9 cm³/mol. The summed E-state index contributed by atoms with van der Waals surface area (Å²) < 4.78 is 0. The Hall–Kier alpha value is -1.69. The molecule has 0 bridgehead atoms. The zero-order valence-corrected chi connectivity index (χ0v) is 11.0. The van der Waals surface area contributed by atoms with Gasteiger partial charge in [-0.05, 0) is 32.9 Å². The van der Waals surface area contributed by atoms with Gasteiger partial charge in [0, 0.05) is 12.4 Å². The van der Waals surface area contributed by atoms with E-state index in [9.17, 15) is 14.7 Å². The highest BCUT2D eigenvalue weighted by molar-refractivity contribution is 5.99. The molecule has 2 heterocycles. The van der Waals surface area contributed by atoms with Crippen molar-refractivity contribution in [3.63, 3.8) is 0 Å². The fourth-order valence-corrected chi connectivity index (χ4v) is 2.58. The predicted octanol–water partition coefficient (Wildman–Crippen LogP) is 1.17. The summed E-state index contributed by atoms with van der Waals surface area (Å²) in [5.41, 5.74) is 0. The molecule has 0 saturated carbocycles. The fourth-order valence-electron chi connectivity index (χ4n) is 2.58. The van der Waals surface area contributed by atoms with E-state index in [0.717, 1.165) is 32.4 Å². The summed E-state index contributed by atoms with van der Waals surface area (Å²) in [6.07, 6.45) is 6.24. The van der Waals surface area contributed by atoms with Gasteiger partial charge in [-0.1, -0.05) is 6.42 Å². The molecule has 0 aromatic carbocycles. The van der Waals surface area contributed by atoms with E-state index < -0.39 is 17.9 Å². The second-order valence-electron chi connectivity index (χ2n) is 4.97. The molecule has 1 fully saturated rings. The summed E-state index contributed by atoms with van der Waals surface area (Å²) >= 11 is 0. The van der Waals surface area contributed by atoms with Crippen molar-refractivity contribution >= 4 is 11.8 Å². The summed E-state index contributed by atoms with van der Waals surface area (Å²) in [5, 5.41) is 9.22. The van der Waals surface area contributed by atoms with Gasteiger partial charge in [0.05, 0.1) is 12.0 Å². The number of rotatable bonds is 5. The third-order valence-electron chi connectivity index (χ3n) is 3.65. The number of Topliss-reactive ketones (excluding diaryl/α,β-unsaturated/α-hetero) is 1. The Kier molecular flexibility index (Phi) is 4.31. The minimum absolute atomic E-state index is 0.234. The summed E-state index contributed by atoms with van der Waals surface area (Å²) in [4.78, 5) is 32.4. The molecule has 1 aromatic rings. The largest absolute Gasteiger partial charge is 0.481 e. The molecule has 2 unspecified atom stereocenters. The number of hydrogen-bond donors (Lipinski definition) is 2. The third kappa shape index (κ3) is 3.01. The molecule has 0 amide bonds. The van der Waals surface area contributed by atoms with Gasteiger partial charge in [0.25, 0.3) is 0 Å². The maximum atomic E-state index is 12.5. The average Bonchev–Trinajstić information content (AvgIpc) is 2.93. The first-order chi connectivity index (χ1) is 9.11. The van der Waals surface area contributed by atoms with Crippen molar-refractivity contribution in [1.82, 2.24) is 14.9 Å². The van der Waals surface area contributed by atoms with Crippen LogP contribution in [-0.4, -0.2) is 50.9 Å². The van der Waals surface area contributed by atoms with Crippen LogP contribution in [0.1, 0.15) is 36.8 Å². The number of aliphatic carboxylic acids is 1. The van der Waals surface area contributed by atoms with Crippen LogP contribution in [0.2, 0.25) is 0 Å². The van der Waals surface area contributed by atoms with Gasteiger partial charge in [0.1, 0.15) is 0 Å². The number of carboxylic acids is 1. The van der Waals surface area contributed by atoms with Gasteiger partial charge in [-0.3, -0.25) is 14.5 Å². The van der Waals surface area contributed by atoms with E-state index in [1.54, 1.807) is 13.1 Å². The Morgan fingerprint density at radius 2 is 2.05 bits per heavy atom. The number of carbonyl (C=O) groups is 2. The SMILES string of the molecule is CC(C(=O)O)C(C(=O)c1ncc[nH]1)N1CCCCC1. The summed E-state index contributed by atoms with van der Waals surface area (Å²) in [7, 11) is 0. The molecule has 1 saturated heterocycles. The minimum Gasteiger partial charge on any atom is -0.481 e. The van der Waals surface area contributed by atoms with Crippen molar-refractivity contribution in [2.75, 3.05) is 13.1 Å². The molecule has 2 atom stereocenters. The number of imidazole rings is 1. The van der Waals surface area contributed by atoms with Crippen LogP contribution < -0.4 is 0 Å². The lowest BCUT2D eigenvalue weighted by molar-refractivity contribution is -0.143. The molecule has 6 heteroatoms. The van der Waals surface area contributed by atoms with Gasteiger partial charge < -0.3 is 10.1 Å². The van der Waals surface area contributed by atoms with Crippen molar-refractivity contribution in [1.29, 1.82) is 0 Å². The molecule has 1 aliphatic rings. The number of piperidine rings is 1. The molecule has 2 rings (SSSR count). The number of nitrogens with zero attached hydrogens (tertiary/aromatic N) is 2. The van der Waals surface area contributed by atoms with Gasteiger partial charge >= 0.3 is 5.97 Å². The van der Waals surface area contributed by atoms with Crippen LogP contribution in [0.4, 0.5) is 0 Å². The van der Waals surface area contributed by atoms with E-state index in [2.05, 4.69) is 9.97 Å². The highest BCUT2D eigenvalue weighted by Crippen LogP contribution is 2.20. The van der Waals surface area contributed by atoms with Crippen molar-refractivity contribution in [3.8, 4) is 0 Å². The van der Waals surface area contributed by atoms with Crippen LogP contribution in [0.15, 0.2) is 12.4 Å². The van der Waals surface area contributed by atoms with Gasteiger partial charge in [0.2, 0.25) is 5.78 Å². The van der Waals surface area contributed by atoms with E-state index in [4.69, 9.17) is 0 Å². The number of likely N-dealkylation sites (tertiary alicyclic amines) is 1. The molecule has 6 nitrogen and oxygen atoms in total. The second kappa shape index (κ2) is 5.97. The molecule has 19 heavy (non-hydrogen) atoms. The third-order valence-corrected chi connectivity index (χ3v) is 3.65. The Morgan fingerprint density at radius 1 is 1.37 bits per heavy atom. The molecule has 104 valence electrons. The standard InChI is InChI=1S/C13H19N3O3/c1-9(13(18)19)10(16-7-3-2-4-8-16)11(17)12-14-5-6-15-12/h5-6,9-10H,2-4,7-8H2,1H3,(H,14,15)(H,18,19). The van der Waals surface area contributed by atoms with E-state index >= 15 is 0 Å². The number of carbonyl (C=O) groups excluding carboxylic acids is 1. The molecular weight excluding hydrogens is 246 g/mol. The Morgan fingerprint density at radius 3 is 2.58 bits per heavy atom. The van der Waals surface area contributed by atoms with Crippen molar-refractivity contribution in [3.05, 3.63) is 18.2 Å². The molecule has 1 aliphatic heterocycles. The summed E-state index contributed by atoms with van der Waals surface area (Å²) in [6, 6.07) is -0.635. The number of aromatic amines is 1. The van der Waals surface area contributed by atoms with Crippen molar-refractivity contribution < 1.29 is 14.7 Å². The quantitative estimate of drug-likeness (QED) is 0.780. The molecule has 0 spiro atoms. The topological polar surface area (TPSA) is 86.3 Å². The monoisotopic (exact) mass is 265 g/mol. The first kappa shape index (κ1) is 13.7. The molecule has 0 aliphatic carbocycles. The first-order valence-corrected chi connectivity index (χ1v) is 6.61. The van der Waals surface area contributed by atoms with Gasteiger partial charge in [-0.2, -0.15) is 0 Å². The number of aromatic nitrogens is 2. The van der Waals surface area contributed by atoms with E-state index in [-0.39, 0.29) is 11.6 Å². The normalized spacial score (nSPS) is 19.8. The maximum absolute atomic E-state index is 12.5. The number of hydrogen-bond acceptors (Lipinski definition) is 4. The number of nitrogens with one attached hydrogen (secondary N) is 1. The van der Waals surface area contributed by atoms with Gasteiger partial charge in [-0.15, -0.1) is 0 Å². The number of carboxylic acid groups (broad SMARTS) is 1. The Labute approximate surface area is 111 Å². The number of H-pyrrole nitrogens is 1. The van der Waals surface area contributed by atoms with Crippen LogP contribution >= 0.6 is 0 Å². The van der Waals surface area contributed by atoms with Gasteiger partial charge in [0.15, 0.2) is 5.82 Å². The molecule has 0 radical (unpaired) electrons. The molecule has 2 N–H and O–H groups in total. The lowest BCUT2D eigenvalue weighted by Gasteiger charge is -2.35. The maximum Gasteiger partial charge on any atom is 0.308 e. The zero-order valence-electron chi connectivity index (χ0n) is 11.0. The average molecular weight is 265 g/mol. The minimum atomic E-state index is -0.949. The van der Waals surface area contributed by atoms with E-state index in [0.29, 0.717) is 0 Å². The van der Waals surface area contributed by atoms with Crippen LogP contribution in [0.5, 0.6) is 0 Å². The van der Waals surface area contributed by atoms with Crippen LogP contribution in [0.3, 0.4) is 0 Å². The van der Waals surface area contributed by atoms with E-state index in [1.165, 1.54) is 6.20 Å². The lowest BCUT2D eigenvalue weighted by Crippen LogP contribution is -2.50. The Bertz CT molecular complexity index is 438. The first-order valence-electron chi connectivity index (χ1n) is 6.61. The molecular formula is C13H19N3O3. The summed E-state index contributed by atoms with van der Waals surface area (Å²) in [6.45, 7) is 3.13. The number of ketones is 1. The second-order valence-corrected chi connectivity index (χ2v) is 4.97. The molecule has 1 aromatic heterocycles. The van der Waals surface area contributed by atoms with Crippen molar-refractivity contribution in [2.24, 2.45) is 5.92 Å². The van der Waals surface area contributed by atoms with Gasteiger partial charge in [-0.25, -0.2) is 4.98 Å². The zero-order chi connectivity index (χ0) is 13.8. The highest BCUT2D eigenvalue weighted by Gasteiger charge is 2.37.